The van der Waals surface area contributed by atoms with E-state index in [1.807, 2.05) is 30.1 Å². The average molecular weight is 693 g/mol. The number of rotatable bonds is 15. The molecule has 5 N–H and O–H groups in total. The Kier molecular flexibility index (Phi) is 9.64. The van der Waals surface area contributed by atoms with E-state index >= 15 is 0 Å². The maximum Gasteiger partial charge on any atom is 0.418 e. The molecule has 2 atom stereocenters. The number of β-lactam (4-membered cyclic amide) rings is 1. The third-order valence-corrected chi connectivity index (χ3v) is 8.94. The number of aromatic nitrogens is 3. The van der Waals surface area contributed by atoms with Crippen LogP contribution in [-0.2, 0) is 47.5 Å². The van der Waals surface area contributed by atoms with Crippen molar-refractivity contribution in [3.05, 3.63) is 47.7 Å². The van der Waals surface area contributed by atoms with Crippen LogP contribution in [0.5, 0.6) is 5.75 Å². The summed E-state index contributed by atoms with van der Waals surface area (Å²) < 4.78 is 45.4. The predicted octanol–water partition coefficient (Wildman–Crippen LogP) is 0.421. The van der Waals surface area contributed by atoms with Gasteiger partial charge in [0.25, 0.3) is 12.0 Å². The molecule has 47 heavy (non-hydrogen) atoms. The number of carbonyl (C=O) groups is 3. The molecule has 0 unspecified atom stereocenters. The van der Waals surface area contributed by atoms with Gasteiger partial charge in [-0.1, -0.05) is 17.3 Å². The van der Waals surface area contributed by atoms with Crippen molar-refractivity contribution < 1.29 is 51.0 Å². The van der Waals surface area contributed by atoms with Crippen LogP contribution in [0, 0.1) is 11.8 Å². The van der Waals surface area contributed by atoms with Crippen molar-refractivity contribution in [1.29, 1.82) is 0 Å². The van der Waals surface area contributed by atoms with Gasteiger partial charge in [0.15, 0.2) is 23.7 Å². The average Bonchev–Trinajstić information content (AvgIpc) is 3.58. The van der Waals surface area contributed by atoms with E-state index in [4.69, 9.17) is 19.9 Å². The molecule has 0 saturated carbocycles. The van der Waals surface area contributed by atoms with Crippen molar-refractivity contribution >= 4 is 50.2 Å². The lowest BCUT2D eigenvalue weighted by Gasteiger charge is -2.50. The number of carbonyl (C=O) groups excluding carboxylic acids is 2. The lowest BCUT2D eigenvalue weighted by molar-refractivity contribution is -0.754. The molecule has 2 fully saturated rings. The second-order valence-electron chi connectivity index (χ2n) is 11.7. The number of nitrogens with two attached hydrogens (primary N) is 1. The SMILES string of the molecule is C[n+]1cc(-c2ccc(OC[C@H](O/N=C(\C(=O)C[C@@H]3C(=O)N(OS(=O)(=O)O)C3(C)C)c3csc(N)n3)C(=O)O)cc2)cn1CC1CNC1. The Bertz CT molecular complexity index is 1800. The van der Waals surface area contributed by atoms with Gasteiger partial charge in [-0.05, 0) is 31.5 Å². The Morgan fingerprint density at radius 2 is 1.96 bits per heavy atom. The molecule has 2 aromatic heterocycles. The quantitative estimate of drug-likeness (QED) is 0.0557. The molecule has 252 valence electrons. The van der Waals surface area contributed by atoms with Crippen LogP contribution in [0.25, 0.3) is 11.1 Å². The fraction of sp³-hybridized carbons (Fsp3) is 0.429. The minimum atomic E-state index is -4.98. The van der Waals surface area contributed by atoms with E-state index in [1.165, 1.54) is 19.2 Å². The number of carboxylic acids is 1. The number of ketones is 1. The van der Waals surface area contributed by atoms with Crippen molar-refractivity contribution in [3.8, 4) is 16.9 Å². The number of hydroxylamine groups is 2. The third-order valence-electron chi connectivity index (χ3n) is 7.93. The van der Waals surface area contributed by atoms with Gasteiger partial charge in [-0.25, -0.2) is 9.78 Å². The fourth-order valence-corrected chi connectivity index (χ4v) is 6.10. The van der Waals surface area contributed by atoms with E-state index < -0.39 is 64.4 Å². The molecule has 1 aromatic carbocycles. The van der Waals surface area contributed by atoms with Gasteiger partial charge < -0.3 is 25.7 Å². The van der Waals surface area contributed by atoms with Crippen LogP contribution >= 0.6 is 11.3 Å². The van der Waals surface area contributed by atoms with E-state index in [2.05, 4.69) is 30.6 Å². The van der Waals surface area contributed by atoms with Crippen LogP contribution < -0.4 is 20.5 Å². The second kappa shape index (κ2) is 13.4. The van der Waals surface area contributed by atoms with Crippen LogP contribution in [0.2, 0.25) is 0 Å². The number of amides is 1. The normalized spacial score (nSPS) is 18.7. The second-order valence-corrected chi connectivity index (χ2v) is 13.6. The zero-order chi connectivity index (χ0) is 34.1. The molecule has 0 aliphatic carbocycles. The maximum atomic E-state index is 13.3. The molecule has 19 heteroatoms. The Hall–Kier alpha value is -4.43. The Morgan fingerprint density at radius 3 is 2.51 bits per heavy atom. The molecule has 2 aliphatic heterocycles. The first-order valence-electron chi connectivity index (χ1n) is 14.3. The number of nitrogens with zero attached hydrogens (tertiary/aromatic N) is 5. The van der Waals surface area contributed by atoms with Gasteiger partial charge in [-0.3, -0.25) is 14.1 Å². The number of nitrogens with one attached hydrogen (secondary N) is 1. The molecule has 2 saturated heterocycles. The first-order valence-corrected chi connectivity index (χ1v) is 16.6. The van der Waals surface area contributed by atoms with Gasteiger partial charge in [0.2, 0.25) is 6.20 Å². The van der Waals surface area contributed by atoms with Crippen LogP contribution in [-0.4, -0.2) is 87.5 Å². The summed E-state index contributed by atoms with van der Waals surface area (Å²) in [5, 5.41) is 18.8. The summed E-state index contributed by atoms with van der Waals surface area (Å²) in [7, 11) is -3.00. The summed E-state index contributed by atoms with van der Waals surface area (Å²) in [6.07, 6.45) is 1.97. The van der Waals surface area contributed by atoms with Crippen molar-refractivity contribution in [2.75, 3.05) is 25.4 Å². The molecule has 4 heterocycles. The number of aryl methyl sites for hydroxylation is 1. The molecule has 2 aliphatic rings. The highest BCUT2D eigenvalue weighted by atomic mass is 32.3. The Balaban J connectivity index is 1.24. The van der Waals surface area contributed by atoms with E-state index in [0.717, 1.165) is 42.1 Å². The highest BCUT2D eigenvalue weighted by Gasteiger charge is 2.57. The van der Waals surface area contributed by atoms with Gasteiger partial charge in [-0.2, -0.15) is 18.2 Å². The number of hydrogen-bond acceptors (Lipinski definition) is 13. The Morgan fingerprint density at radius 1 is 1.26 bits per heavy atom. The minimum absolute atomic E-state index is 0.0136. The summed E-state index contributed by atoms with van der Waals surface area (Å²) in [6.45, 7) is 5.31. The topological polar surface area (TPSA) is 229 Å². The maximum absolute atomic E-state index is 13.3. The van der Waals surface area contributed by atoms with Crippen molar-refractivity contribution in [1.82, 2.24) is 20.0 Å². The monoisotopic (exact) mass is 692 g/mol. The van der Waals surface area contributed by atoms with E-state index in [9.17, 15) is 27.9 Å². The first kappa shape index (κ1) is 33.9. The van der Waals surface area contributed by atoms with Crippen LogP contribution in [0.3, 0.4) is 0 Å². The van der Waals surface area contributed by atoms with Gasteiger partial charge in [0.05, 0.1) is 29.8 Å². The number of nitrogen functional groups attached to an aromatic ring is 1. The molecule has 0 bridgehead atoms. The highest BCUT2D eigenvalue weighted by Crippen LogP contribution is 2.40. The summed E-state index contributed by atoms with van der Waals surface area (Å²) in [4.78, 5) is 47.2. The fourth-order valence-electron chi connectivity index (χ4n) is 5.10. The zero-order valence-corrected chi connectivity index (χ0v) is 27.2. The van der Waals surface area contributed by atoms with Gasteiger partial charge in [0, 0.05) is 30.8 Å². The minimum Gasteiger partial charge on any atom is -0.489 e. The molecular weight excluding hydrogens is 658 g/mol. The number of hydrogen-bond donors (Lipinski definition) is 4. The molecule has 0 radical (unpaired) electrons. The summed E-state index contributed by atoms with van der Waals surface area (Å²) in [5.74, 6) is -3.15. The van der Waals surface area contributed by atoms with E-state index in [0.29, 0.717) is 16.7 Å². The van der Waals surface area contributed by atoms with Crippen molar-refractivity contribution in [2.45, 2.75) is 38.5 Å². The van der Waals surface area contributed by atoms with Gasteiger partial charge in [0.1, 0.15) is 18.1 Å². The van der Waals surface area contributed by atoms with Crippen LogP contribution in [0.1, 0.15) is 26.0 Å². The third kappa shape index (κ3) is 7.76. The molecule has 5 rings (SSSR count). The first-order chi connectivity index (χ1) is 22.1. The number of benzene rings is 1. The number of aliphatic carboxylic acids is 1. The molecule has 0 spiro atoms. The Labute approximate surface area is 273 Å². The van der Waals surface area contributed by atoms with Crippen molar-refractivity contribution in [3.63, 3.8) is 0 Å². The number of ether oxygens (including phenoxy) is 1. The number of oxime groups is 1. The number of anilines is 1. The molecule has 1 amide bonds. The van der Waals surface area contributed by atoms with Gasteiger partial charge >= 0.3 is 16.4 Å². The summed E-state index contributed by atoms with van der Waals surface area (Å²) >= 11 is 0.994. The van der Waals surface area contributed by atoms with Crippen molar-refractivity contribution in [2.24, 2.45) is 24.0 Å². The standard InChI is InChI=1S/C28H33N7O10S2/c1-28(2)20(25(37)35(28)45-47(40,41)42)8-22(36)24(21-15-46-27(29)31-21)32-44-23(26(38)39)14-43-19-6-4-17(5-7-19)18-12-33(3)34(13-18)11-16-9-30-10-16/h4-7,12-13,15-16,20,23,30H,8-11,14H2,1-3H3,(H3-,29,31,38,39,40,41,42)/p+1/b32-24-/t20-,23+/m1/s1. The van der Waals surface area contributed by atoms with E-state index in [-0.39, 0.29) is 10.8 Å². The molecule has 17 nitrogen and oxygen atoms in total. The number of carboxylic acid groups (broad SMARTS) is 1. The lowest BCUT2D eigenvalue weighted by atomic mass is 9.74. The predicted molar refractivity (Wildman–Crippen MR) is 165 cm³/mol. The highest BCUT2D eigenvalue weighted by molar-refractivity contribution is 7.80. The van der Waals surface area contributed by atoms with Crippen LogP contribution in [0.15, 0.2) is 47.2 Å². The summed E-state index contributed by atoms with van der Waals surface area (Å²) in [6, 6.07) is 7.10. The number of thiazole rings is 1. The number of Topliss-reactive ketones (excluding diaryl/α,β-unsaturated/α-hetero) is 1. The van der Waals surface area contributed by atoms with E-state index in [1.54, 1.807) is 12.1 Å². The molecular formula is C28H34N7O10S2+. The van der Waals surface area contributed by atoms with Crippen LogP contribution in [0.4, 0.5) is 5.13 Å². The molecule has 3 aromatic rings. The largest absolute Gasteiger partial charge is 0.489 e. The lowest BCUT2D eigenvalue weighted by Crippen LogP contribution is -2.68. The smallest absolute Gasteiger partial charge is 0.418 e. The summed E-state index contributed by atoms with van der Waals surface area (Å²) in [5.41, 5.74) is 5.95. The van der Waals surface area contributed by atoms with Gasteiger partial charge in [-0.15, -0.1) is 20.3 Å². The zero-order valence-electron chi connectivity index (χ0n) is 25.6.